The SMILES string of the molecule is Cc1ccc(C#CCN)c(C(=O)Nc2cccnc2C)c1. The molecule has 0 bridgehead atoms. The number of hydrogen-bond donors (Lipinski definition) is 2. The van der Waals surface area contributed by atoms with Crippen molar-refractivity contribution >= 4 is 11.6 Å². The number of nitrogens with zero attached hydrogens (tertiary/aromatic N) is 1. The van der Waals surface area contributed by atoms with E-state index in [1.54, 1.807) is 12.3 Å². The standard InChI is InChI=1S/C17H17N3O/c1-12-7-8-14(5-3-9-18)15(11-12)17(21)20-16-6-4-10-19-13(16)2/h4,6-8,10-11H,9,18H2,1-2H3,(H,20,21). The predicted molar refractivity (Wildman–Crippen MR) is 84.0 cm³/mol. The number of nitrogens with two attached hydrogens (primary N) is 1. The summed E-state index contributed by atoms with van der Waals surface area (Å²) in [5.74, 6) is 5.51. The monoisotopic (exact) mass is 279 g/mol. The number of carbonyl (C=O) groups excluding carboxylic acids is 1. The fourth-order valence-electron chi connectivity index (χ4n) is 1.91. The zero-order valence-electron chi connectivity index (χ0n) is 12.1. The molecule has 0 spiro atoms. The number of carbonyl (C=O) groups is 1. The van der Waals surface area contributed by atoms with Crippen LogP contribution in [0.4, 0.5) is 5.69 Å². The quantitative estimate of drug-likeness (QED) is 0.829. The van der Waals surface area contributed by atoms with E-state index in [9.17, 15) is 4.79 Å². The normalized spacial score (nSPS) is 9.67. The lowest BCUT2D eigenvalue weighted by Crippen LogP contribution is -2.15. The van der Waals surface area contributed by atoms with Crippen molar-refractivity contribution in [2.45, 2.75) is 13.8 Å². The highest BCUT2D eigenvalue weighted by Gasteiger charge is 2.12. The van der Waals surface area contributed by atoms with Gasteiger partial charge in [-0.15, -0.1) is 0 Å². The van der Waals surface area contributed by atoms with E-state index in [4.69, 9.17) is 5.73 Å². The number of rotatable bonds is 2. The number of anilines is 1. The van der Waals surface area contributed by atoms with Crippen molar-refractivity contribution in [1.82, 2.24) is 4.98 Å². The Morgan fingerprint density at radius 3 is 2.86 bits per heavy atom. The molecule has 4 nitrogen and oxygen atoms in total. The second kappa shape index (κ2) is 6.69. The van der Waals surface area contributed by atoms with Gasteiger partial charge in [-0.05, 0) is 38.1 Å². The molecule has 2 rings (SSSR count). The van der Waals surface area contributed by atoms with Crippen LogP contribution in [0.1, 0.15) is 27.2 Å². The Balaban J connectivity index is 2.34. The topological polar surface area (TPSA) is 68.0 Å². The van der Waals surface area contributed by atoms with E-state index in [1.807, 2.05) is 38.1 Å². The Morgan fingerprint density at radius 1 is 1.33 bits per heavy atom. The van der Waals surface area contributed by atoms with Crippen molar-refractivity contribution in [1.29, 1.82) is 0 Å². The van der Waals surface area contributed by atoms with Crippen LogP contribution in [0, 0.1) is 25.7 Å². The number of pyridine rings is 1. The van der Waals surface area contributed by atoms with Gasteiger partial charge >= 0.3 is 0 Å². The van der Waals surface area contributed by atoms with E-state index >= 15 is 0 Å². The highest BCUT2D eigenvalue weighted by molar-refractivity contribution is 6.06. The minimum atomic E-state index is -0.198. The van der Waals surface area contributed by atoms with Crippen LogP contribution in [0.15, 0.2) is 36.5 Å². The molecule has 1 heterocycles. The molecule has 0 atom stereocenters. The molecule has 0 saturated carbocycles. The van der Waals surface area contributed by atoms with Gasteiger partial charge in [0.1, 0.15) is 0 Å². The summed E-state index contributed by atoms with van der Waals surface area (Å²) in [6.45, 7) is 4.05. The lowest BCUT2D eigenvalue weighted by Gasteiger charge is -2.09. The lowest BCUT2D eigenvalue weighted by atomic mass is 10.0. The van der Waals surface area contributed by atoms with E-state index < -0.39 is 0 Å². The molecule has 1 aromatic carbocycles. The zero-order valence-corrected chi connectivity index (χ0v) is 12.1. The molecule has 4 heteroatoms. The predicted octanol–water partition coefficient (Wildman–Crippen LogP) is 2.26. The fourth-order valence-corrected chi connectivity index (χ4v) is 1.91. The van der Waals surface area contributed by atoms with E-state index in [0.717, 1.165) is 11.3 Å². The molecular formula is C17H17N3O. The first-order valence-electron chi connectivity index (χ1n) is 6.64. The second-order valence-electron chi connectivity index (χ2n) is 4.65. The van der Waals surface area contributed by atoms with Gasteiger partial charge in [-0.3, -0.25) is 9.78 Å². The number of hydrogen-bond acceptors (Lipinski definition) is 3. The van der Waals surface area contributed by atoms with Gasteiger partial charge in [-0.25, -0.2) is 0 Å². The summed E-state index contributed by atoms with van der Waals surface area (Å²) in [6.07, 6.45) is 1.69. The van der Waals surface area contributed by atoms with Crippen LogP contribution < -0.4 is 11.1 Å². The Hall–Kier alpha value is -2.64. The summed E-state index contributed by atoms with van der Waals surface area (Å²) in [5, 5.41) is 2.87. The maximum atomic E-state index is 12.5. The molecule has 2 aromatic rings. The summed E-state index contributed by atoms with van der Waals surface area (Å²) in [5.41, 5.74) is 9.07. The average Bonchev–Trinajstić information content (AvgIpc) is 2.48. The van der Waals surface area contributed by atoms with Crippen LogP contribution in [-0.4, -0.2) is 17.4 Å². The summed E-state index contributed by atoms with van der Waals surface area (Å²) in [4.78, 5) is 16.6. The molecular weight excluding hydrogens is 262 g/mol. The molecule has 106 valence electrons. The van der Waals surface area contributed by atoms with Crippen molar-refractivity contribution < 1.29 is 4.79 Å². The Bertz CT molecular complexity index is 726. The van der Waals surface area contributed by atoms with Crippen LogP contribution in [0.3, 0.4) is 0 Å². The third-order valence-corrected chi connectivity index (χ3v) is 3.00. The Morgan fingerprint density at radius 2 is 2.14 bits per heavy atom. The van der Waals surface area contributed by atoms with Crippen molar-refractivity contribution in [3.63, 3.8) is 0 Å². The number of amides is 1. The van der Waals surface area contributed by atoms with Gasteiger partial charge in [0.25, 0.3) is 5.91 Å². The minimum absolute atomic E-state index is 0.198. The molecule has 0 fully saturated rings. The highest BCUT2D eigenvalue weighted by Crippen LogP contribution is 2.16. The first-order valence-corrected chi connectivity index (χ1v) is 6.64. The van der Waals surface area contributed by atoms with Crippen molar-refractivity contribution in [2.75, 3.05) is 11.9 Å². The minimum Gasteiger partial charge on any atom is -0.320 e. The fraction of sp³-hybridized carbons (Fsp3) is 0.176. The van der Waals surface area contributed by atoms with Gasteiger partial charge in [0.15, 0.2) is 0 Å². The van der Waals surface area contributed by atoms with Crippen LogP contribution in [0.5, 0.6) is 0 Å². The highest BCUT2D eigenvalue weighted by atomic mass is 16.1. The first-order chi connectivity index (χ1) is 10.1. The smallest absolute Gasteiger partial charge is 0.256 e. The van der Waals surface area contributed by atoms with Gasteiger partial charge in [0, 0.05) is 11.8 Å². The van der Waals surface area contributed by atoms with Crippen LogP contribution in [0.25, 0.3) is 0 Å². The number of aromatic nitrogens is 1. The third-order valence-electron chi connectivity index (χ3n) is 3.00. The van der Waals surface area contributed by atoms with E-state index in [-0.39, 0.29) is 12.5 Å². The average molecular weight is 279 g/mol. The molecule has 0 unspecified atom stereocenters. The number of aryl methyl sites for hydroxylation is 2. The van der Waals surface area contributed by atoms with Gasteiger partial charge in [0.2, 0.25) is 0 Å². The molecule has 1 aromatic heterocycles. The summed E-state index contributed by atoms with van der Waals surface area (Å²) in [7, 11) is 0. The largest absolute Gasteiger partial charge is 0.320 e. The van der Waals surface area contributed by atoms with E-state index in [0.29, 0.717) is 16.8 Å². The van der Waals surface area contributed by atoms with Gasteiger partial charge in [-0.2, -0.15) is 0 Å². The van der Waals surface area contributed by atoms with Gasteiger partial charge < -0.3 is 11.1 Å². The maximum Gasteiger partial charge on any atom is 0.256 e. The number of benzene rings is 1. The molecule has 0 aliphatic heterocycles. The Kier molecular flexibility index (Phi) is 4.70. The lowest BCUT2D eigenvalue weighted by molar-refractivity contribution is 0.102. The summed E-state index contributed by atoms with van der Waals surface area (Å²) >= 11 is 0. The summed E-state index contributed by atoms with van der Waals surface area (Å²) in [6, 6.07) is 9.19. The van der Waals surface area contributed by atoms with Crippen molar-refractivity contribution in [3.05, 3.63) is 58.9 Å². The molecule has 21 heavy (non-hydrogen) atoms. The molecule has 0 saturated heterocycles. The summed E-state index contributed by atoms with van der Waals surface area (Å²) < 4.78 is 0. The van der Waals surface area contributed by atoms with Gasteiger partial charge in [0.05, 0.1) is 23.5 Å². The van der Waals surface area contributed by atoms with Crippen molar-refractivity contribution in [3.8, 4) is 11.8 Å². The molecule has 1 amide bonds. The van der Waals surface area contributed by atoms with E-state index in [2.05, 4.69) is 22.1 Å². The van der Waals surface area contributed by atoms with Crippen LogP contribution in [0.2, 0.25) is 0 Å². The van der Waals surface area contributed by atoms with Crippen LogP contribution in [-0.2, 0) is 0 Å². The zero-order chi connectivity index (χ0) is 15.2. The molecule has 0 aliphatic carbocycles. The Labute approximate surface area is 124 Å². The maximum absolute atomic E-state index is 12.5. The van der Waals surface area contributed by atoms with Gasteiger partial charge in [-0.1, -0.05) is 23.5 Å². The molecule has 0 radical (unpaired) electrons. The number of nitrogens with one attached hydrogen (secondary N) is 1. The van der Waals surface area contributed by atoms with Crippen LogP contribution >= 0.6 is 0 Å². The van der Waals surface area contributed by atoms with E-state index in [1.165, 1.54) is 0 Å². The second-order valence-corrected chi connectivity index (χ2v) is 4.65. The molecule has 0 aliphatic rings. The first kappa shape index (κ1) is 14.8. The third kappa shape index (κ3) is 3.68. The molecule has 3 N–H and O–H groups in total. The van der Waals surface area contributed by atoms with Crippen molar-refractivity contribution in [2.24, 2.45) is 5.73 Å².